The molecule has 2 aliphatic heterocycles. The van der Waals surface area contributed by atoms with Crippen LogP contribution in [0.5, 0.6) is 0 Å². The number of anilines is 1. The molecule has 2 unspecified atom stereocenters. The SMILES string of the molecule is CC1CC2(C=CS(=O)(=O)N2c2cccc(F)c2)CCN1Cc1ncoc1-c1cccnc1. The molecule has 1 fully saturated rings. The molecule has 7 nitrogen and oxygen atoms in total. The van der Waals surface area contributed by atoms with Crippen molar-refractivity contribution in [1.82, 2.24) is 14.9 Å². The van der Waals surface area contributed by atoms with Crippen LogP contribution in [0, 0.1) is 5.82 Å². The zero-order chi connectivity index (χ0) is 22.3. The molecule has 0 saturated carbocycles. The van der Waals surface area contributed by atoms with E-state index in [-0.39, 0.29) is 6.04 Å². The lowest BCUT2D eigenvalue weighted by Gasteiger charge is -2.47. The first-order chi connectivity index (χ1) is 15.4. The summed E-state index contributed by atoms with van der Waals surface area (Å²) in [6.45, 7) is 3.31. The van der Waals surface area contributed by atoms with E-state index in [9.17, 15) is 12.8 Å². The number of sulfonamides is 1. The molecular weight excluding hydrogens is 431 g/mol. The van der Waals surface area contributed by atoms with Gasteiger partial charge in [-0.1, -0.05) is 6.07 Å². The number of nitrogens with zero attached hydrogens (tertiary/aromatic N) is 4. The molecule has 4 heterocycles. The molecule has 1 aromatic carbocycles. The summed E-state index contributed by atoms with van der Waals surface area (Å²) in [5, 5.41) is 1.25. The molecule has 1 spiro atoms. The van der Waals surface area contributed by atoms with Gasteiger partial charge in [0.05, 0.1) is 11.2 Å². The quantitative estimate of drug-likeness (QED) is 0.594. The minimum absolute atomic E-state index is 0.0659. The van der Waals surface area contributed by atoms with Crippen LogP contribution in [0.3, 0.4) is 0 Å². The first kappa shape index (κ1) is 20.8. The molecule has 32 heavy (non-hydrogen) atoms. The molecule has 9 heteroatoms. The van der Waals surface area contributed by atoms with E-state index in [1.165, 1.54) is 34.3 Å². The van der Waals surface area contributed by atoms with Gasteiger partial charge in [-0.05, 0) is 56.2 Å². The number of hydrogen-bond donors (Lipinski definition) is 0. The predicted molar refractivity (Wildman–Crippen MR) is 119 cm³/mol. The normalized spacial score (nSPS) is 24.9. The number of rotatable bonds is 4. The lowest BCUT2D eigenvalue weighted by molar-refractivity contribution is 0.118. The Kier molecular flexibility index (Phi) is 5.10. The molecule has 166 valence electrons. The van der Waals surface area contributed by atoms with Crippen molar-refractivity contribution in [2.75, 3.05) is 10.8 Å². The Hall–Kier alpha value is -3.04. The van der Waals surface area contributed by atoms with Gasteiger partial charge in [-0.3, -0.25) is 14.2 Å². The van der Waals surface area contributed by atoms with Crippen LogP contribution in [-0.2, 0) is 16.6 Å². The zero-order valence-electron chi connectivity index (χ0n) is 17.6. The highest BCUT2D eigenvalue weighted by atomic mass is 32.2. The van der Waals surface area contributed by atoms with Crippen molar-refractivity contribution in [3.8, 4) is 11.3 Å². The fraction of sp³-hybridized carbons (Fsp3) is 0.304. The summed E-state index contributed by atoms with van der Waals surface area (Å²) in [5.74, 6) is 0.231. The minimum Gasteiger partial charge on any atom is -0.443 e. The molecule has 2 aromatic heterocycles. The molecule has 2 aliphatic rings. The van der Waals surface area contributed by atoms with Gasteiger partial charge in [0.2, 0.25) is 0 Å². The number of hydrogen-bond acceptors (Lipinski definition) is 6. The van der Waals surface area contributed by atoms with Crippen LogP contribution in [0.2, 0.25) is 0 Å². The van der Waals surface area contributed by atoms with Gasteiger partial charge in [0.25, 0.3) is 10.0 Å². The Morgan fingerprint density at radius 1 is 1.28 bits per heavy atom. The average Bonchev–Trinajstić information content (AvgIpc) is 3.33. The van der Waals surface area contributed by atoms with Crippen LogP contribution in [0.25, 0.3) is 11.3 Å². The number of pyridine rings is 1. The fourth-order valence-electron chi connectivity index (χ4n) is 4.78. The number of aromatic nitrogens is 2. The summed E-state index contributed by atoms with van der Waals surface area (Å²) in [6, 6.07) is 9.61. The molecule has 0 N–H and O–H groups in total. The van der Waals surface area contributed by atoms with E-state index in [2.05, 4.69) is 21.8 Å². The third kappa shape index (κ3) is 3.61. The highest BCUT2D eigenvalue weighted by Gasteiger charge is 2.49. The Morgan fingerprint density at radius 2 is 2.16 bits per heavy atom. The Labute approximate surface area is 186 Å². The summed E-state index contributed by atoms with van der Waals surface area (Å²) < 4.78 is 46.6. The molecule has 0 amide bonds. The Morgan fingerprint density at radius 3 is 2.91 bits per heavy atom. The van der Waals surface area contributed by atoms with Crippen LogP contribution in [0.1, 0.15) is 25.5 Å². The molecule has 0 bridgehead atoms. The first-order valence-electron chi connectivity index (χ1n) is 10.5. The fourth-order valence-corrected chi connectivity index (χ4v) is 6.47. The van der Waals surface area contributed by atoms with E-state index in [4.69, 9.17) is 4.42 Å². The smallest absolute Gasteiger partial charge is 0.258 e. The maximum absolute atomic E-state index is 13.9. The highest BCUT2D eigenvalue weighted by molar-refractivity contribution is 7.96. The van der Waals surface area contributed by atoms with Gasteiger partial charge >= 0.3 is 0 Å². The largest absolute Gasteiger partial charge is 0.443 e. The van der Waals surface area contributed by atoms with Crippen molar-refractivity contribution < 1.29 is 17.2 Å². The number of oxazole rings is 1. The summed E-state index contributed by atoms with van der Waals surface area (Å²) in [6.07, 6.45) is 7.82. The van der Waals surface area contributed by atoms with Crippen LogP contribution in [0.15, 0.2) is 71.1 Å². The van der Waals surface area contributed by atoms with E-state index in [0.29, 0.717) is 37.4 Å². The van der Waals surface area contributed by atoms with Crippen LogP contribution in [0.4, 0.5) is 10.1 Å². The summed E-state index contributed by atoms with van der Waals surface area (Å²) >= 11 is 0. The van der Waals surface area contributed by atoms with E-state index < -0.39 is 21.4 Å². The monoisotopic (exact) mass is 454 g/mol. The minimum atomic E-state index is -3.67. The van der Waals surface area contributed by atoms with Crippen LogP contribution >= 0.6 is 0 Å². The van der Waals surface area contributed by atoms with Gasteiger partial charge in [0.15, 0.2) is 12.2 Å². The third-order valence-electron chi connectivity index (χ3n) is 6.27. The van der Waals surface area contributed by atoms with E-state index >= 15 is 0 Å². The third-order valence-corrected chi connectivity index (χ3v) is 7.84. The van der Waals surface area contributed by atoms with Gasteiger partial charge in [0.1, 0.15) is 11.5 Å². The standard InChI is InChI=1S/C23H23FN4O3S/c1-17-13-23(8-11-32(29,30)28(23)20-6-2-5-19(24)12-20)7-10-27(17)15-21-22(31-16-26-21)18-4-3-9-25-14-18/h2-6,8-9,11-12,14,16-17H,7,10,13,15H2,1H3. The lowest BCUT2D eigenvalue weighted by atomic mass is 9.83. The molecule has 5 rings (SSSR count). The van der Waals surface area contributed by atoms with Gasteiger partial charge in [-0.15, -0.1) is 0 Å². The second-order valence-corrected chi connectivity index (χ2v) is 10.0. The maximum Gasteiger partial charge on any atom is 0.258 e. The van der Waals surface area contributed by atoms with Crippen molar-refractivity contribution in [1.29, 1.82) is 0 Å². The summed E-state index contributed by atoms with van der Waals surface area (Å²) in [5.41, 5.74) is 1.32. The number of benzene rings is 1. The van der Waals surface area contributed by atoms with Crippen molar-refractivity contribution >= 4 is 15.7 Å². The second kappa shape index (κ2) is 7.83. The molecule has 3 aromatic rings. The van der Waals surface area contributed by atoms with Crippen molar-refractivity contribution in [3.63, 3.8) is 0 Å². The summed E-state index contributed by atoms with van der Waals surface area (Å²) in [7, 11) is -3.67. The van der Waals surface area contributed by atoms with Crippen molar-refractivity contribution in [2.24, 2.45) is 0 Å². The topological polar surface area (TPSA) is 79.5 Å². The second-order valence-electron chi connectivity index (χ2n) is 8.34. The van der Waals surface area contributed by atoms with Gasteiger partial charge < -0.3 is 4.42 Å². The zero-order valence-corrected chi connectivity index (χ0v) is 18.4. The van der Waals surface area contributed by atoms with Gasteiger partial charge in [-0.25, -0.2) is 17.8 Å². The predicted octanol–water partition coefficient (Wildman–Crippen LogP) is 3.96. The molecule has 0 radical (unpaired) electrons. The Balaban J connectivity index is 1.39. The van der Waals surface area contributed by atoms with E-state index in [1.807, 2.05) is 12.1 Å². The van der Waals surface area contributed by atoms with Crippen molar-refractivity contribution in [2.45, 2.75) is 37.9 Å². The van der Waals surface area contributed by atoms with Crippen LogP contribution < -0.4 is 4.31 Å². The molecule has 2 atom stereocenters. The summed E-state index contributed by atoms with van der Waals surface area (Å²) in [4.78, 5) is 10.8. The lowest BCUT2D eigenvalue weighted by Crippen LogP contribution is -2.56. The first-order valence-corrected chi connectivity index (χ1v) is 12.0. The van der Waals surface area contributed by atoms with E-state index in [1.54, 1.807) is 24.5 Å². The van der Waals surface area contributed by atoms with E-state index in [0.717, 1.165) is 11.3 Å². The molecule has 0 aliphatic carbocycles. The maximum atomic E-state index is 13.9. The van der Waals surface area contributed by atoms with Crippen molar-refractivity contribution in [3.05, 3.63) is 78.2 Å². The average molecular weight is 455 g/mol. The van der Waals surface area contributed by atoms with Gasteiger partial charge in [-0.2, -0.15) is 0 Å². The highest BCUT2D eigenvalue weighted by Crippen LogP contribution is 2.43. The molecule has 1 saturated heterocycles. The molecular formula is C23H23FN4O3S. The number of halogens is 1. The number of likely N-dealkylation sites (tertiary alicyclic amines) is 1. The Bertz CT molecular complexity index is 1260. The van der Waals surface area contributed by atoms with Crippen LogP contribution in [-0.4, -0.2) is 41.4 Å². The number of piperidine rings is 1. The van der Waals surface area contributed by atoms with Gasteiger partial charge in [0, 0.05) is 42.5 Å².